The van der Waals surface area contributed by atoms with E-state index in [0.29, 0.717) is 11.1 Å². The number of hydrogen-bond donors (Lipinski definition) is 0. The van der Waals surface area contributed by atoms with E-state index in [9.17, 15) is 13.2 Å². The first-order valence-corrected chi connectivity index (χ1v) is 13.4. The van der Waals surface area contributed by atoms with Crippen LogP contribution in [0.5, 0.6) is 0 Å². The molecule has 26 heavy (non-hydrogen) atoms. The van der Waals surface area contributed by atoms with Gasteiger partial charge in [-0.15, -0.1) is 0 Å². The van der Waals surface area contributed by atoms with Crippen LogP contribution in [-0.2, 0) is 14.6 Å². The second kappa shape index (κ2) is 7.42. The van der Waals surface area contributed by atoms with Crippen LogP contribution in [0.4, 0.5) is 4.79 Å². The molecule has 0 radical (unpaired) electrons. The lowest BCUT2D eigenvalue weighted by Gasteiger charge is -2.32. The van der Waals surface area contributed by atoms with Crippen molar-refractivity contribution in [3.63, 3.8) is 0 Å². The summed E-state index contributed by atoms with van der Waals surface area (Å²) in [5, 5.41) is 2.48. The number of carbonyl (C=O) groups excluding carboxylic acids is 1. The van der Waals surface area contributed by atoms with Crippen LogP contribution in [0.3, 0.4) is 0 Å². The summed E-state index contributed by atoms with van der Waals surface area (Å²) >= 11 is 1.51. The zero-order chi connectivity index (χ0) is 18.8. The van der Waals surface area contributed by atoms with E-state index in [4.69, 9.17) is 4.74 Å². The fourth-order valence-corrected chi connectivity index (χ4v) is 8.31. The van der Waals surface area contributed by atoms with Gasteiger partial charge in [0.1, 0.15) is 0 Å². The van der Waals surface area contributed by atoms with Gasteiger partial charge in [0.2, 0.25) is 0 Å². The van der Waals surface area contributed by atoms with Gasteiger partial charge in [-0.25, -0.2) is 8.42 Å². The maximum Gasteiger partial charge on any atom is 0.288 e. The Balaban J connectivity index is 2.13. The summed E-state index contributed by atoms with van der Waals surface area (Å²) in [6.07, 6.45) is 3.18. The van der Waals surface area contributed by atoms with Gasteiger partial charge in [-0.05, 0) is 40.4 Å². The molecule has 2 aromatic carbocycles. The number of allylic oxidation sites excluding steroid dienone is 1. The van der Waals surface area contributed by atoms with Gasteiger partial charge in [0.25, 0.3) is 13.7 Å². The van der Waals surface area contributed by atoms with Crippen molar-refractivity contribution < 1.29 is 17.9 Å². The number of ether oxygens (including phenoxy) is 1. The van der Waals surface area contributed by atoms with Crippen LogP contribution in [0.25, 0.3) is 0 Å². The average molecular weight is 405 g/mol. The van der Waals surface area contributed by atoms with Crippen molar-refractivity contribution in [3.8, 4) is 0 Å². The highest BCUT2D eigenvalue weighted by Crippen LogP contribution is 2.29. The Labute approximate surface area is 159 Å². The Hall–Kier alpha value is -1.83. The van der Waals surface area contributed by atoms with E-state index < -0.39 is 17.9 Å². The highest BCUT2D eigenvalue weighted by Gasteiger charge is 2.49. The van der Waals surface area contributed by atoms with Crippen LogP contribution >= 0.6 is 11.8 Å². The van der Waals surface area contributed by atoms with Gasteiger partial charge in [0.15, 0.2) is 14.9 Å². The molecule has 0 amide bonds. The van der Waals surface area contributed by atoms with Gasteiger partial charge in [-0.3, -0.25) is 4.79 Å². The van der Waals surface area contributed by atoms with Crippen LogP contribution in [0, 0.1) is 0 Å². The fraction of sp³-hybridized carbons (Fsp3) is 0.211. The van der Waals surface area contributed by atoms with E-state index >= 15 is 0 Å². The van der Waals surface area contributed by atoms with E-state index in [0.717, 1.165) is 16.1 Å². The number of cyclic esters (lactones) is 1. The highest BCUT2D eigenvalue weighted by atomic mass is 32.2. The second-order valence-electron chi connectivity index (χ2n) is 6.12. The zero-order valence-electron chi connectivity index (χ0n) is 14.6. The molecule has 0 fully saturated rings. The maximum atomic E-state index is 13.2. The SMILES string of the molecule is CCSC1=CC[Si](c2ccccc2)(c2ccc(S(C)(=O)=O)cc2)C(=O)O1. The van der Waals surface area contributed by atoms with E-state index in [1.165, 1.54) is 18.0 Å². The third-order valence-corrected chi connectivity index (χ3v) is 10.7. The molecule has 0 bridgehead atoms. The van der Waals surface area contributed by atoms with Crippen LogP contribution in [-0.4, -0.2) is 34.1 Å². The molecule has 136 valence electrons. The predicted molar refractivity (Wildman–Crippen MR) is 109 cm³/mol. The monoisotopic (exact) mass is 404 g/mol. The highest BCUT2D eigenvalue weighted by molar-refractivity contribution is 8.02. The Morgan fingerprint density at radius 3 is 2.19 bits per heavy atom. The molecule has 2 aromatic rings. The summed E-state index contributed by atoms with van der Waals surface area (Å²) in [6.45, 7) is 2.01. The molecule has 1 unspecified atom stereocenters. The molecule has 0 aromatic heterocycles. The van der Waals surface area contributed by atoms with Crippen molar-refractivity contribution in [3.05, 3.63) is 65.8 Å². The van der Waals surface area contributed by atoms with Gasteiger partial charge in [-0.1, -0.05) is 61.2 Å². The van der Waals surface area contributed by atoms with Crippen molar-refractivity contribution >= 4 is 45.6 Å². The van der Waals surface area contributed by atoms with Crippen LogP contribution in [0.1, 0.15) is 6.92 Å². The third kappa shape index (κ3) is 3.51. The number of carbonyl (C=O) groups is 1. The van der Waals surface area contributed by atoms with Gasteiger partial charge in [0.05, 0.1) is 4.90 Å². The Morgan fingerprint density at radius 2 is 1.65 bits per heavy atom. The van der Waals surface area contributed by atoms with Crippen molar-refractivity contribution in [2.45, 2.75) is 17.9 Å². The number of benzene rings is 2. The molecule has 1 heterocycles. The summed E-state index contributed by atoms with van der Waals surface area (Å²) in [6, 6.07) is 17.0. The van der Waals surface area contributed by atoms with Crippen LogP contribution in [0.2, 0.25) is 6.04 Å². The van der Waals surface area contributed by atoms with Gasteiger partial charge < -0.3 is 4.74 Å². The summed E-state index contributed by atoms with van der Waals surface area (Å²) in [7, 11) is -6.12. The molecule has 1 atom stereocenters. The molecule has 1 aliphatic rings. The molecule has 0 saturated carbocycles. The first-order chi connectivity index (χ1) is 12.4. The van der Waals surface area contributed by atoms with E-state index in [1.807, 2.05) is 43.3 Å². The normalized spacial score (nSPS) is 20.4. The quantitative estimate of drug-likeness (QED) is 0.717. The van der Waals surface area contributed by atoms with Crippen LogP contribution < -0.4 is 10.4 Å². The topological polar surface area (TPSA) is 60.4 Å². The molecule has 0 N–H and O–H groups in total. The molecule has 3 rings (SSSR count). The fourth-order valence-electron chi connectivity index (χ4n) is 3.12. The molecule has 7 heteroatoms. The maximum absolute atomic E-state index is 13.2. The lowest BCUT2D eigenvalue weighted by Crippen LogP contribution is -2.65. The summed E-state index contributed by atoms with van der Waals surface area (Å²) < 4.78 is 29.2. The summed E-state index contributed by atoms with van der Waals surface area (Å²) in [5.74, 6) is 0.835. The third-order valence-electron chi connectivity index (χ3n) is 4.45. The van der Waals surface area contributed by atoms with Gasteiger partial charge >= 0.3 is 0 Å². The number of sulfone groups is 1. The minimum Gasteiger partial charge on any atom is -0.424 e. The number of thioether (sulfide) groups is 1. The summed E-state index contributed by atoms with van der Waals surface area (Å²) in [5.41, 5.74) is -0.200. The standard InChI is InChI=1S/C19H20O4S2Si/c1-3-24-18-13-14-26(19(20)23-18,16-7-5-4-6-8-16)17-11-9-15(10-12-17)25(2,21)22/h4-13H,3,14H2,1-2H3. The first kappa shape index (κ1) is 18.9. The lowest BCUT2D eigenvalue weighted by atomic mass is 10.4. The molecule has 0 spiro atoms. The second-order valence-corrected chi connectivity index (χ2v) is 13.2. The van der Waals surface area contributed by atoms with E-state index in [1.54, 1.807) is 24.3 Å². The molecule has 4 nitrogen and oxygen atoms in total. The number of hydrogen-bond acceptors (Lipinski definition) is 5. The van der Waals surface area contributed by atoms with E-state index in [-0.39, 0.29) is 10.5 Å². The Bertz CT molecular complexity index is 937. The number of rotatable bonds is 5. The predicted octanol–water partition coefficient (Wildman–Crippen LogP) is 2.98. The molecule has 1 aliphatic heterocycles. The first-order valence-electron chi connectivity index (χ1n) is 8.29. The van der Waals surface area contributed by atoms with Crippen LogP contribution in [0.15, 0.2) is 70.7 Å². The molecular weight excluding hydrogens is 384 g/mol. The van der Waals surface area contributed by atoms with E-state index in [2.05, 4.69) is 0 Å². The Kier molecular flexibility index (Phi) is 5.41. The van der Waals surface area contributed by atoms with Gasteiger partial charge in [0, 0.05) is 6.26 Å². The minimum atomic E-state index is -3.28. The average Bonchev–Trinajstić information content (AvgIpc) is 2.63. The van der Waals surface area contributed by atoms with Crippen molar-refractivity contribution in [1.29, 1.82) is 0 Å². The lowest BCUT2D eigenvalue weighted by molar-refractivity contribution is 0.206. The largest absolute Gasteiger partial charge is 0.424 e. The zero-order valence-corrected chi connectivity index (χ0v) is 17.3. The smallest absolute Gasteiger partial charge is 0.288 e. The van der Waals surface area contributed by atoms with Crippen molar-refractivity contribution in [2.75, 3.05) is 12.0 Å². The van der Waals surface area contributed by atoms with Crippen molar-refractivity contribution in [2.24, 2.45) is 0 Å². The van der Waals surface area contributed by atoms with Gasteiger partial charge in [-0.2, -0.15) is 0 Å². The minimum absolute atomic E-state index is 0.200. The summed E-state index contributed by atoms with van der Waals surface area (Å²) in [4.78, 5) is 13.4. The molecule has 0 saturated heterocycles. The molecule has 0 aliphatic carbocycles. The van der Waals surface area contributed by atoms with Crippen molar-refractivity contribution in [1.82, 2.24) is 0 Å². The molecular formula is C19H20O4S2Si. The Morgan fingerprint density at radius 1 is 1.04 bits per heavy atom.